The number of nitrogens with one attached hydrogen (secondary N) is 1. The summed E-state index contributed by atoms with van der Waals surface area (Å²) in [6.45, 7) is 9.12. The fourth-order valence-corrected chi connectivity index (χ4v) is 4.31. The summed E-state index contributed by atoms with van der Waals surface area (Å²) in [5.41, 5.74) is 1.59. The van der Waals surface area contributed by atoms with E-state index >= 15 is 0 Å². The average Bonchev–Trinajstić information content (AvgIpc) is 3.13. The zero-order valence-corrected chi connectivity index (χ0v) is 20.2. The molecule has 32 heavy (non-hydrogen) atoms. The van der Waals surface area contributed by atoms with Crippen molar-refractivity contribution in [3.05, 3.63) is 46.8 Å². The van der Waals surface area contributed by atoms with Gasteiger partial charge in [-0.25, -0.2) is 14.8 Å². The number of ether oxygens (including phenoxy) is 1. The molecule has 1 amide bonds. The highest BCUT2D eigenvalue weighted by Crippen LogP contribution is 2.35. The maximum atomic E-state index is 12.3. The van der Waals surface area contributed by atoms with Crippen molar-refractivity contribution < 1.29 is 9.53 Å². The summed E-state index contributed by atoms with van der Waals surface area (Å²) in [5, 5.41) is 4.02. The van der Waals surface area contributed by atoms with Gasteiger partial charge in [-0.15, -0.1) is 0 Å². The molecule has 4 rings (SSSR count). The Morgan fingerprint density at radius 1 is 1.16 bits per heavy atom. The Morgan fingerprint density at radius 3 is 2.56 bits per heavy atom. The lowest BCUT2D eigenvalue weighted by atomic mass is 9.90. The van der Waals surface area contributed by atoms with Gasteiger partial charge in [0, 0.05) is 30.4 Å². The first-order chi connectivity index (χ1) is 15.1. The maximum absolute atomic E-state index is 12.3. The van der Waals surface area contributed by atoms with Gasteiger partial charge in [-0.2, -0.15) is 0 Å². The first-order valence-corrected chi connectivity index (χ1v) is 11.3. The van der Waals surface area contributed by atoms with Crippen LogP contribution in [0.3, 0.4) is 0 Å². The highest BCUT2D eigenvalue weighted by molar-refractivity contribution is 6.43. The van der Waals surface area contributed by atoms with Crippen molar-refractivity contribution >= 4 is 40.8 Å². The number of hydrogen-bond acceptors (Lipinski definition) is 5. The molecule has 2 aromatic heterocycles. The average molecular weight is 476 g/mol. The molecule has 1 aliphatic heterocycles. The van der Waals surface area contributed by atoms with E-state index in [0.29, 0.717) is 10.0 Å². The third-order valence-corrected chi connectivity index (χ3v) is 6.42. The number of aromatic nitrogens is 3. The van der Waals surface area contributed by atoms with Crippen molar-refractivity contribution in [1.29, 1.82) is 0 Å². The molecule has 0 aliphatic carbocycles. The monoisotopic (exact) mass is 475 g/mol. The molecule has 9 heteroatoms. The number of piperidine rings is 1. The van der Waals surface area contributed by atoms with Crippen molar-refractivity contribution in [2.75, 3.05) is 18.0 Å². The van der Waals surface area contributed by atoms with Gasteiger partial charge >= 0.3 is 6.09 Å². The molecule has 1 N–H and O–H groups in total. The summed E-state index contributed by atoms with van der Waals surface area (Å²) in [4.78, 5) is 23.7. The van der Waals surface area contributed by atoms with E-state index in [1.165, 1.54) is 0 Å². The standard InChI is InChI=1S/C23H27Cl2N5O2/c1-22(2,3)32-21(31)28-23(4)9-12-29(13-10-23)20-26-11-8-17-19(27-14-30(17)20)15-6-5-7-16(24)18(15)25/h5-8,11,14H,9-10,12-13H2,1-4H3,(H,28,31). The number of fused-ring (bicyclic) bond motifs is 1. The highest BCUT2D eigenvalue weighted by atomic mass is 35.5. The van der Waals surface area contributed by atoms with Crippen LogP contribution in [0.4, 0.5) is 10.7 Å². The SMILES string of the molecule is CC1(NC(=O)OC(C)(C)C)CCN(c2nccc3c(-c4cccc(Cl)c4Cl)ncn23)CC1. The lowest BCUT2D eigenvalue weighted by Gasteiger charge is -2.40. The van der Waals surface area contributed by atoms with E-state index in [1.54, 1.807) is 18.6 Å². The minimum Gasteiger partial charge on any atom is -0.444 e. The van der Waals surface area contributed by atoms with Crippen LogP contribution in [0.2, 0.25) is 10.0 Å². The molecule has 1 aliphatic rings. The normalized spacial score (nSPS) is 16.2. The Hall–Kier alpha value is -2.51. The lowest BCUT2D eigenvalue weighted by Crippen LogP contribution is -2.54. The minimum atomic E-state index is -0.522. The number of rotatable bonds is 3. The second-order valence-electron chi connectivity index (χ2n) is 9.37. The fourth-order valence-electron chi connectivity index (χ4n) is 3.92. The van der Waals surface area contributed by atoms with Gasteiger partial charge in [0.15, 0.2) is 0 Å². The Morgan fingerprint density at radius 2 is 1.88 bits per heavy atom. The Kier molecular flexibility index (Phi) is 5.98. The van der Waals surface area contributed by atoms with Gasteiger partial charge in [0.1, 0.15) is 11.9 Å². The number of imidazole rings is 1. The predicted octanol–water partition coefficient (Wildman–Crippen LogP) is 5.59. The Bertz CT molecular complexity index is 1150. The zero-order chi connectivity index (χ0) is 23.1. The van der Waals surface area contributed by atoms with Gasteiger partial charge in [0.05, 0.1) is 21.3 Å². The summed E-state index contributed by atoms with van der Waals surface area (Å²) in [7, 11) is 0. The van der Waals surface area contributed by atoms with Crippen LogP contribution >= 0.6 is 23.2 Å². The van der Waals surface area contributed by atoms with Gasteiger partial charge in [0.2, 0.25) is 5.95 Å². The maximum Gasteiger partial charge on any atom is 0.408 e. The van der Waals surface area contributed by atoms with Gasteiger partial charge in [-0.1, -0.05) is 35.3 Å². The van der Waals surface area contributed by atoms with E-state index < -0.39 is 5.60 Å². The van der Waals surface area contributed by atoms with Crippen LogP contribution in [0.25, 0.3) is 16.8 Å². The smallest absolute Gasteiger partial charge is 0.408 e. The molecule has 1 saturated heterocycles. The van der Waals surface area contributed by atoms with E-state index in [2.05, 4.69) is 27.1 Å². The summed E-state index contributed by atoms with van der Waals surface area (Å²) in [5.74, 6) is 0.804. The number of amides is 1. The number of alkyl carbamates (subject to hydrolysis) is 1. The minimum absolute atomic E-state index is 0.332. The zero-order valence-electron chi connectivity index (χ0n) is 18.7. The summed E-state index contributed by atoms with van der Waals surface area (Å²) in [6.07, 6.45) is 4.70. The molecule has 0 atom stereocenters. The van der Waals surface area contributed by atoms with Crippen LogP contribution < -0.4 is 10.2 Å². The topological polar surface area (TPSA) is 71.8 Å². The Balaban J connectivity index is 1.54. The molecule has 0 unspecified atom stereocenters. The van der Waals surface area contributed by atoms with Gasteiger partial charge < -0.3 is 15.0 Å². The van der Waals surface area contributed by atoms with Gasteiger partial charge in [-0.3, -0.25) is 4.40 Å². The number of carbonyl (C=O) groups excluding carboxylic acids is 1. The molecule has 0 spiro atoms. The van der Waals surface area contributed by atoms with Crippen LogP contribution in [-0.2, 0) is 4.74 Å². The molecule has 3 aromatic rings. The number of nitrogens with zero attached hydrogens (tertiary/aromatic N) is 4. The summed E-state index contributed by atoms with van der Waals surface area (Å²) < 4.78 is 7.40. The predicted molar refractivity (Wildman–Crippen MR) is 128 cm³/mol. The van der Waals surface area contributed by atoms with Crippen LogP contribution in [0.5, 0.6) is 0 Å². The van der Waals surface area contributed by atoms with Crippen LogP contribution in [0.1, 0.15) is 40.5 Å². The van der Waals surface area contributed by atoms with Crippen molar-refractivity contribution in [3.63, 3.8) is 0 Å². The molecule has 3 heterocycles. The number of halogens is 2. The summed E-state index contributed by atoms with van der Waals surface area (Å²) >= 11 is 12.6. The largest absolute Gasteiger partial charge is 0.444 e. The Labute approximate surface area is 197 Å². The van der Waals surface area contributed by atoms with Crippen molar-refractivity contribution in [3.8, 4) is 11.3 Å². The van der Waals surface area contributed by atoms with Gasteiger partial charge in [-0.05, 0) is 52.7 Å². The van der Waals surface area contributed by atoms with Crippen molar-refractivity contribution in [1.82, 2.24) is 19.7 Å². The van der Waals surface area contributed by atoms with E-state index in [4.69, 9.17) is 27.9 Å². The molecule has 0 bridgehead atoms. The molecule has 0 saturated carbocycles. The van der Waals surface area contributed by atoms with Crippen LogP contribution in [-0.4, -0.2) is 44.7 Å². The second-order valence-corrected chi connectivity index (χ2v) is 10.2. The number of anilines is 1. The molecule has 1 fully saturated rings. The quantitative estimate of drug-likeness (QED) is 0.534. The van der Waals surface area contributed by atoms with E-state index in [0.717, 1.165) is 48.7 Å². The number of carbonyl (C=O) groups is 1. The fraction of sp³-hybridized carbons (Fsp3) is 0.435. The first-order valence-electron chi connectivity index (χ1n) is 10.6. The van der Waals surface area contributed by atoms with Crippen molar-refractivity contribution in [2.45, 2.75) is 51.7 Å². The lowest BCUT2D eigenvalue weighted by molar-refractivity contribution is 0.0448. The van der Waals surface area contributed by atoms with Gasteiger partial charge in [0.25, 0.3) is 0 Å². The number of benzene rings is 1. The number of hydrogen-bond donors (Lipinski definition) is 1. The first kappa shape index (κ1) is 22.7. The van der Waals surface area contributed by atoms with E-state index in [9.17, 15) is 4.79 Å². The molecule has 170 valence electrons. The third-order valence-electron chi connectivity index (χ3n) is 5.60. The molecular weight excluding hydrogens is 449 g/mol. The molecule has 7 nitrogen and oxygen atoms in total. The summed E-state index contributed by atoms with van der Waals surface area (Å²) in [6, 6.07) is 7.45. The highest BCUT2D eigenvalue weighted by Gasteiger charge is 2.34. The van der Waals surface area contributed by atoms with E-state index in [-0.39, 0.29) is 11.6 Å². The van der Waals surface area contributed by atoms with Crippen LogP contribution in [0, 0.1) is 0 Å². The van der Waals surface area contributed by atoms with E-state index in [1.807, 2.05) is 43.4 Å². The molecular formula is C23H27Cl2N5O2. The second kappa shape index (κ2) is 8.45. The van der Waals surface area contributed by atoms with Crippen LogP contribution in [0.15, 0.2) is 36.8 Å². The third kappa shape index (κ3) is 4.64. The van der Waals surface area contributed by atoms with Crippen molar-refractivity contribution in [2.24, 2.45) is 0 Å². The molecule has 1 aromatic carbocycles. The molecule has 0 radical (unpaired) electrons.